The Morgan fingerprint density at radius 3 is 2.73 bits per heavy atom. The van der Waals surface area contributed by atoms with E-state index in [1.165, 1.54) is 7.11 Å². The lowest BCUT2D eigenvalue weighted by molar-refractivity contribution is 0.00888. The Morgan fingerprint density at radius 2 is 2.00 bits per heavy atom. The smallest absolute Gasteiger partial charge is 0.339 e. The number of cyclic esters (lactones) is 1. The molecule has 8 nitrogen and oxygen atoms in total. The van der Waals surface area contributed by atoms with Crippen molar-refractivity contribution in [2.24, 2.45) is 0 Å². The first-order valence-corrected chi connectivity index (χ1v) is 9.86. The number of aliphatic hydroxyl groups excluding tert-OH is 2. The van der Waals surface area contributed by atoms with Crippen molar-refractivity contribution in [3.05, 3.63) is 51.6 Å². The number of benzene rings is 2. The zero-order valence-electron chi connectivity index (χ0n) is 16.8. The lowest BCUT2D eigenvalue weighted by atomic mass is 9.83. The lowest BCUT2D eigenvalue weighted by Crippen LogP contribution is -2.37. The molecule has 2 aromatic rings. The number of ether oxygens (including phenoxy) is 4. The summed E-state index contributed by atoms with van der Waals surface area (Å²) in [5.74, 6) is 1.15. The molecule has 2 aromatic carbocycles. The van der Waals surface area contributed by atoms with Gasteiger partial charge < -0.3 is 29.2 Å². The van der Waals surface area contributed by atoms with Crippen LogP contribution in [0.4, 0.5) is 0 Å². The van der Waals surface area contributed by atoms with Gasteiger partial charge in [0.2, 0.25) is 6.79 Å². The second-order valence-electron chi connectivity index (χ2n) is 7.69. The number of hydrogen-bond donors (Lipinski definition) is 2. The summed E-state index contributed by atoms with van der Waals surface area (Å²) in [6.45, 7) is 0.338. The van der Waals surface area contributed by atoms with Gasteiger partial charge in [0.05, 0.1) is 31.9 Å². The predicted octanol–water partition coefficient (Wildman–Crippen LogP) is 1.85. The van der Waals surface area contributed by atoms with E-state index < -0.39 is 12.1 Å². The molecule has 30 heavy (non-hydrogen) atoms. The molecule has 0 fully saturated rings. The average Bonchev–Trinajstić information content (AvgIpc) is 3.35. The van der Waals surface area contributed by atoms with Crippen LogP contribution in [0, 0.1) is 0 Å². The minimum absolute atomic E-state index is 0.118. The highest BCUT2D eigenvalue weighted by atomic mass is 16.7. The van der Waals surface area contributed by atoms with E-state index in [1.54, 1.807) is 6.07 Å². The number of methoxy groups -OCH3 is 1. The molecule has 2 unspecified atom stereocenters. The summed E-state index contributed by atoms with van der Waals surface area (Å²) in [7, 11) is 3.47. The summed E-state index contributed by atoms with van der Waals surface area (Å²) >= 11 is 0. The quantitative estimate of drug-likeness (QED) is 0.733. The summed E-state index contributed by atoms with van der Waals surface area (Å²) < 4.78 is 22.4. The molecule has 3 aliphatic rings. The fraction of sp³-hybridized carbons (Fsp3) is 0.409. The van der Waals surface area contributed by atoms with E-state index in [0.29, 0.717) is 39.5 Å². The lowest BCUT2D eigenvalue weighted by Gasteiger charge is -2.39. The normalized spacial score (nSPS) is 21.9. The number of aliphatic hydroxyl groups is 2. The number of nitrogens with zero attached hydrogens (tertiary/aromatic N) is 1. The summed E-state index contributed by atoms with van der Waals surface area (Å²) in [5.41, 5.74) is 4.10. The first-order chi connectivity index (χ1) is 14.6. The van der Waals surface area contributed by atoms with Crippen molar-refractivity contribution in [3.8, 4) is 17.2 Å². The number of fused-ring (bicyclic) bond motifs is 3. The Bertz CT molecular complexity index is 1030. The van der Waals surface area contributed by atoms with Gasteiger partial charge in [0.25, 0.3) is 0 Å². The molecule has 3 aliphatic heterocycles. The van der Waals surface area contributed by atoms with Crippen molar-refractivity contribution in [2.45, 2.75) is 31.8 Å². The monoisotopic (exact) mass is 413 g/mol. The summed E-state index contributed by atoms with van der Waals surface area (Å²) in [4.78, 5) is 14.9. The Kier molecular flexibility index (Phi) is 4.57. The molecule has 0 aromatic heterocycles. The van der Waals surface area contributed by atoms with Gasteiger partial charge in [-0.25, -0.2) is 4.79 Å². The van der Waals surface area contributed by atoms with Crippen LogP contribution < -0.4 is 14.2 Å². The zero-order chi connectivity index (χ0) is 21.0. The molecular weight excluding hydrogens is 390 g/mol. The molecule has 0 bridgehead atoms. The molecule has 5 rings (SSSR count). The average molecular weight is 413 g/mol. The Morgan fingerprint density at radius 1 is 1.20 bits per heavy atom. The Labute approximate surface area is 173 Å². The van der Waals surface area contributed by atoms with Gasteiger partial charge in [-0.15, -0.1) is 0 Å². The molecule has 0 radical (unpaired) electrons. The van der Waals surface area contributed by atoms with E-state index in [-0.39, 0.29) is 26.0 Å². The second-order valence-corrected chi connectivity index (χ2v) is 7.69. The maximum atomic E-state index is 12.8. The minimum atomic E-state index is -0.585. The number of likely N-dealkylation sites (N-methyl/N-ethyl adjacent to an activating group) is 1. The van der Waals surface area contributed by atoms with Gasteiger partial charge in [0.1, 0.15) is 11.9 Å². The highest BCUT2D eigenvalue weighted by molar-refractivity contribution is 5.96. The number of esters is 1. The summed E-state index contributed by atoms with van der Waals surface area (Å²) in [6, 6.07) is 5.21. The topological polar surface area (TPSA) is 97.7 Å². The van der Waals surface area contributed by atoms with Crippen molar-refractivity contribution in [3.63, 3.8) is 0 Å². The highest BCUT2D eigenvalue weighted by Crippen LogP contribution is 2.51. The molecule has 3 heterocycles. The van der Waals surface area contributed by atoms with Gasteiger partial charge in [0.15, 0.2) is 11.5 Å². The molecule has 0 amide bonds. The molecule has 158 valence electrons. The predicted molar refractivity (Wildman–Crippen MR) is 105 cm³/mol. The second kappa shape index (κ2) is 7.16. The molecule has 0 aliphatic carbocycles. The van der Waals surface area contributed by atoms with Crippen LogP contribution in [0.3, 0.4) is 0 Å². The molecule has 0 saturated heterocycles. The maximum Gasteiger partial charge on any atom is 0.339 e. The van der Waals surface area contributed by atoms with E-state index in [9.17, 15) is 15.0 Å². The number of carbonyl (C=O) groups excluding carboxylic acids is 1. The van der Waals surface area contributed by atoms with E-state index >= 15 is 0 Å². The van der Waals surface area contributed by atoms with Gasteiger partial charge in [-0.3, -0.25) is 4.90 Å². The third-order valence-corrected chi connectivity index (χ3v) is 6.27. The van der Waals surface area contributed by atoms with Crippen molar-refractivity contribution in [1.82, 2.24) is 4.90 Å². The number of hydrogen-bond acceptors (Lipinski definition) is 8. The van der Waals surface area contributed by atoms with E-state index in [2.05, 4.69) is 4.90 Å². The molecule has 2 atom stereocenters. The first-order valence-electron chi connectivity index (χ1n) is 9.86. The van der Waals surface area contributed by atoms with Crippen LogP contribution in [0.25, 0.3) is 0 Å². The SMILES string of the molecule is COc1ccc2c(c1CO)C(=O)OC2C1c2c(cc3c(c2CO)OCO3)CCN1C. The third-order valence-electron chi connectivity index (χ3n) is 6.27. The van der Waals surface area contributed by atoms with Gasteiger partial charge in [-0.1, -0.05) is 6.07 Å². The van der Waals surface area contributed by atoms with Crippen LogP contribution in [0.1, 0.15) is 50.3 Å². The van der Waals surface area contributed by atoms with Gasteiger partial charge in [0, 0.05) is 23.2 Å². The first kappa shape index (κ1) is 19.2. The third kappa shape index (κ3) is 2.61. The highest BCUT2D eigenvalue weighted by Gasteiger charge is 2.45. The molecular formula is C22H23NO7. The van der Waals surface area contributed by atoms with Gasteiger partial charge in [-0.2, -0.15) is 0 Å². The van der Waals surface area contributed by atoms with Crippen molar-refractivity contribution < 1.29 is 34.0 Å². The van der Waals surface area contributed by atoms with Crippen molar-refractivity contribution >= 4 is 5.97 Å². The van der Waals surface area contributed by atoms with E-state index in [0.717, 1.165) is 24.1 Å². The summed E-state index contributed by atoms with van der Waals surface area (Å²) in [5, 5.41) is 20.1. The minimum Gasteiger partial charge on any atom is -0.496 e. The number of carbonyl (C=O) groups is 1. The van der Waals surface area contributed by atoms with Gasteiger partial charge in [-0.05, 0) is 36.7 Å². The van der Waals surface area contributed by atoms with Crippen molar-refractivity contribution in [1.29, 1.82) is 0 Å². The molecule has 8 heteroatoms. The summed E-state index contributed by atoms with van der Waals surface area (Å²) in [6.07, 6.45) is 0.197. The van der Waals surface area contributed by atoms with Crippen molar-refractivity contribution in [2.75, 3.05) is 27.5 Å². The van der Waals surface area contributed by atoms with Crippen LogP contribution in [0.15, 0.2) is 18.2 Å². The van der Waals surface area contributed by atoms with Crippen LogP contribution in [-0.2, 0) is 24.4 Å². The number of rotatable bonds is 4. The zero-order valence-corrected chi connectivity index (χ0v) is 16.8. The van der Waals surface area contributed by atoms with Crippen LogP contribution in [0.2, 0.25) is 0 Å². The van der Waals surface area contributed by atoms with Crippen LogP contribution in [0.5, 0.6) is 17.2 Å². The molecule has 0 spiro atoms. The maximum absolute atomic E-state index is 12.8. The Hall–Kier alpha value is -2.81. The molecule has 2 N–H and O–H groups in total. The fourth-order valence-electron chi connectivity index (χ4n) is 4.90. The van der Waals surface area contributed by atoms with E-state index in [4.69, 9.17) is 18.9 Å². The standard InChI is InChI=1S/C22H23NO7/c1-23-6-5-11-7-16-20(29-10-28-16)14(9-25)17(11)19(23)21-12-3-4-15(27-2)13(8-24)18(12)22(26)30-21/h3-4,7,19,21,24-25H,5-6,8-10H2,1-2H3. The van der Waals surface area contributed by atoms with Crippen LogP contribution >= 0.6 is 0 Å². The van der Waals surface area contributed by atoms with Gasteiger partial charge >= 0.3 is 5.97 Å². The fourth-order valence-corrected chi connectivity index (χ4v) is 4.90. The Balaban J connectivity index is 1.69. The molecule has 0 saturated carbocycles. The van der Waals surface area contributed by atoms with Crippen LogP contribution in [-0.4, -0.2) is 48.6 Å². The van der Waals surface area contributed by atoms with E-state index in [1.807, 2.05) is 19.2 Å². The largest absolute Gasteiger partial charge is 0.496 e.